The monoisotopic (exact) mass is 229 g/mol. The molecule has 0 atom stereocenters. The van der Waals surface area contributed by atoms with E-state index in [1.807, 2.05) is 4.90 Å². The van der Waals surface area contributed by atoms with Gasteiger partial charge in [-0.15, -0.1) is 0 Å². The topological polar surface area (TPSA) is 3.24 Å². The Morgan fingerprint density at radius 1 is 1.19 bits per heavy atom. The average molecular weight is 229 g/mol. The minimum absolute atomic E-state index is 0.554. The van der Waals surface area contributed by atoms with Crippen molar-refractivity contribution >= 4 is 5.69 Å². The molecule has 1 aromatic carbocycles. The summed E-state index contributed by atoms with van der Waals surface area (Å²) in [7, 11) is 0. The molecule has 1 nitrogen and oxygen atoms in total. The molecule has 1 saturated heterocycles. The lowest BCUT2D eigenvalue weighted by Gasteiger charge is -2.39. The van der Waals surface area contributed by atoms with Crippen LogP contribution in [0.25, 0.3) is 0 Å². The van der Waals surface area contributed by atoms with Crippen molar-refractivity contribution in [3.05, 3.63) is 29.3 Å². The minimum Gasteiger partial charge on any atom is -0.371 e. The summed E-state index contributed by atoms with van der Waals surface area (Å²) in [6, 6.07) is 4.23. The fraction of sp³-hybridized carbons (Fsp3) is 0.500. The number of alkyl halides is 3. The van der Waals surface area contributed by atoms with Gasteiger partial charge < -0.3 is 4.90 Å². The molecule has 0 bridgehead atoms. The molecule has 0 saturated carbocycles. The smallest absolute Gasteiger partial charge is 0.371 e. The maximum atomic E-state index is 12.6. The van der Waals surface area contributed by atoms with Crippen molar-refractivity contribution in [1.82, 2.24) is 0 Å². The number of hydrogen-bond acceptors (Lipinski definition) is 1. The first-order valence-electron chi connectivity index (χ1n) is 5.30. The van der Waals surface area contributed by atoms with Crippen molar-refractivity contribution in [2.24, 2.45) is 5.92 Å². The van der Waals surface area contributed by atoms with Gasteiger partial charge in [-0.2, -0.15) is 13.2 Å². The van der Waals surface area contributed by atoms with E-state index >= 15 is 0 Å². The van der Waals surface area contributed by atoms with E-state index in [9.17, 15) is 13.2 Å². The number of anilines is 1. The fourth-order valence-electron chi connectivity index (χ4n) is 2.02. The van der Waals surface area contributed by atoms with Gasteiger partial charge >= 0.3 is 6.18 Å². The first kappa shape index (κ1) is 11.3. The Hall–Kier alpha value is -1.19. The quantitative estimate of drug-likeness (QED) is 0.712. The van der Waals surface area contributed by atoms with E-state index < -0.39 is 11.7 Å². The first-order chi connectivity index (χ1) is 7.36. The van der Waals surface area contributed by atoms with Gasteiger partial charge in [0.15, 0.2) is 0 Å². The summed E-state index contributed by atoms with van der Waals surface area (Å²) in [5, 5.41) is 0. The van der Waals surface area contributed by atoms with Crippen LogP contribution in [0, 0.1) is 12.8 Å². The normalized spacial score (nSPS) is 17.4. The molecule has 1 aromatic rings. The highest BCUT2D eigenvalue weighted by Gasteiger charge is 2.32. The van der Waals surface area contributed by atoms with Crippen molar-refractivity contribution in [3.8, 4) is 0 Å². The molecule has 0 aliphatic carbocycles. The van der Waals surface area contributed by atoms with Gasteiger partial charge in [-0.05, 0) is 36.6 Å². The van der Waals surface area contributed by atoms with Crippen molar-refractivity contribution in [3.63, 3.8) is 0 Å². The maximum Gasteiger partial charge on any atom is 0.416 e. The summed E-state index contributed by atoms with van der Waals surface area (Å²) in [5.41, 5.74) is 0.789. The van der Waals surface area contributed by atoms with Crippen LogP contribution < -0.4 is 4.90 Å². The molecular formula is C12H14F3N. The Balaban J connectivity index is 2.30. The maximum absolute atomic E-state index is 12.6. The zero-order valence-corrected chi connectivity index (χ0v) is 9.30. The molecule has 1 heterocycles. The molecule has 1 aliphatic heterocycles. The van der Waals surface area contributed by atoms with Gasteiger partial charge in [0.1, 0.15) is 0 Å². The molecule has 88 valence electrons. The molecule has 1 aliphatic rings. The number of rotatable bonds is 1. The number of aryl methyl sites for hydroxylation is 1. The molecule has 0 aromatic heterocycles. The number of hydrogen-bond donors (Lipinski definition) is 0. The Bertz CT molecular complexity index is 392. The highest BCUT2D eigenvalue weighted by molar-refractivity contribution is 5.53. The summed E-state index contributed by atoms with van der Waals surface area (Å²) in [4.78, 5) is 1.98. The van der Waals surface area contributed by atoms with Gasteiger partial charge in [-0.3, -0.25) is 0 Å². The zero-order chi connectivity index (χ0) is 11.9. The molecule has 16 heavy (non-hydrogen) atoms. The van der Waals surface area contributed by atoms with Gasteiger partial charge in [0, 0.05) is 18.8 Å². The van der Waals surface area contributed by atoms with Crippen LogP contribution in [-0.4, -0.2) is 13.1 Å². The molecule has 1 fully saturated rings. The van der Waals surface area contributed by atoms with E-state index in [0.717, 1.165) is 13.1 Å². The van der Waals surface area contributed by atoms with Crippen LogP contribution in [0.1, 0.15) is 18.1 Å². The SMILES string of the molecule is Cc1cc(N2CC(C)C2)cc(C(F)(F)F)c1. The molecule has 0 N–H and O–H groups in total. The average Bonchev–Trinajstić information content (AvgIpc) is 2.10. The van der Waals surface area contributed by atoms with Crippen LogP contribution in [-0.2, 0) is 6.18 Å². The van der Waals surface area contributed by atoms with E-state index in [4.69, 9.17) is 0 Å². The third kappa shape index (κ3) is 2.15. The van der Waals surface area contributed by atoms with E-state index in [0.29, 0.717) is 17.2 Å². The van der Waals surface area contributed by atoms with Crippen LogP contribution in [0.5, 0.6) is 0 Å². The molecule has 0 radical (unpaired) electrons. The summed E-state index contributed by atoms with van der Waals surface area (Å²) in [5.74, 6) is 0.579. The van der Waals surface area contributed by atoms with Crippen molar-refractivity contribution in [2.75, 3.05) is 18.0 Å². The molecule has 2 rings (SSSR count). The van der Waals surface area contributed by atoms with Crippen molar-refractivity contribution in [1.29, 1.82) is 0 Å². The Labute approximate surface area is 92.9 Å². The summed E-state index contributed by atoms with van der Waals surface area (Å²) < 4.78 is 37.8. The Morgan fingerprint density at radius 3 is 2.31 bits per heavy atom. The molecule has 0 amide bonds. The highest BCUT2D eigenvalue weighted by atomic mass is 19.4. The number of halogens is 3. The minimum atomic E-state index is -4.25. The summed E-state index contributed by atoms with van der Waals surface area (Å²) in [6.45, 7) is 5.49. The standard InChI is InChI=1S/C12H14F3N/c1-8-3-10(12(13,14)15)5-11(4-8)16-6-9(2)7-16/h3-5,9H,6-7H2,1-2H3. The van der Waals surface area contributed by atoms with Crippen LogP contribution in [0.3, 0.4) is 0 Å². The van der Waals surface area contributed by atoms with Crippen LogP contribution in [0.15, 0.2) is 18.2 Å². The lowest BCUT2D eigenvalue weighted by molar-refractivity contribution is -0.137. The van der Waals surface area contributed by atoms with Crippen molar-refractivity contribution in [2.45, 2.75) is 20.0 Å². The van der Waals surface area contributed by atoms with E-state index in [1.54, 1.807) is 13.0 Å². The van der Waals surface area contributed by atoms with Gasteiger partial charge in [0.2, 0.25) is 0 Å². The van der Waals surface area contributed by atoms with Crippen molar-refractivity contribution < 1.29 is 13.2 Å². The molecular weight excluding hydrogens is 215 g/mol. The molecule has 0 spiro atoms. The second kappa shape index (κ2) is 3.68. The number of nitrogens with zero attached hydrogens (tertiary/aromatic N) is 1. The third-order valence-electron chi connectivity index (χ3n) is 2.82. The lowest BCUT2D eigenvalue weighted by Crippen LogP contribution is -2.45. The molecule has 4 heteroatoms. The second-order valence-corrected chi connectivity index (χ2v) is 4.57. The lowest BCUT2D eigenvalue weighted by atomic mass is 10.00. The van der Waals surface area contributed by atoms with E-state index in [1.165, 1.54) is 12.1 Å². The zero-order valence-electron chi connectivity index (χ0n) is 9.30. The van der Waals surface area contributed by atoms with Gasteiger partial charge in [0.25, 0.3) is 0 Å². The molecule has 0 unspecified atom stereocenters. The first-order valence-corrected chi connectivity index (χ1v) is 5.30. The second-order valence-electron chi connectivity index (χ2n) is 4.57. The van der Waals surface area contributed by atoms with E-state index in [2.05, 4.69) is 6.92 Å². The van der Waals surface area contributed by atoms with Gasteiger partial charge in [-0.1, -0.05) is 6.92 Å². The Morgan fingerprint density at radius 2 is 1.81 bits per heavy atom. The van der Waals surface area contributed by atoms with Crippen LogP contribution >= 0.6 is 0 Å². The summed E-state index contributed by atoms with van der Waals surface area (Å²) in [6.07, 6.45) is -4.25. The largest absolute Gasteiger partial charge is 0.416 e. The van der Waals surface area contributed by atoms with Crippen LogP contribution in [0.2, 0.25) is 0 Å². The third-order valence-corrected chi connectivity index (χ3v) is 2.82. The highest BCUT2D eigenvalue weighted by Crippen LogP contribution is 2.34. The predicted octanol–water partition coefficient (Wildman–Crippen LogP) is 3.47. The summed E-state index contributed by atoms with van der Waals surface area (Å²) >= 11 is 0. The van der Waals surface area contributed by atoms with Gasteiger partial charge in [-0.25, -0.2) is 0 Å². The Kier molecular flexibility index (Phi) is 2.60. The number of benzene rings is 1. The van der Waals surface area contributed by atoms with Crippen LogP contribution in [0.4, 0.5) is 18.9 Å². The fourth-order valence-corrected chi connectivity index (χ4v) is 2.02. The van der Waals surface area contributed by atoms with E-state index in [-0.39, 0.29) is 0 Å². The van der Waals surface area contributed by atoms with Gasteiger partial charge in [0.05, 0.1) is 5.56 Å². The predicted molar refractivity (Wildman–Crippen MR) is 57.6 cm³/mol.